The first-order valence-corrected chi connectivity index (χ1v) is 23.3. The minimum Gasteiger partial charge on any atom is -0.462 e. The largest absolute Gasteiger partial charge is 0.469 e. The van der Waals surface area contributed by atoms with Crippen LogP contribution in [0.2, 0.25) is 0 Å². The summed E-state index contributed by atoms with van der Waals surface area (Å²) in [4.78, 5) is 42.9. The van der Waals surface area contributed by atoms with Gasteiger partial charge in [-0.05, 0) is 57.3 Å². The van der Waals surface area contributed by atoms with Crippen LogP contribution in [0, 0.1) is 5.92 Å². The number of phosphoric ester groups is 1. The smallest absolute Gasteiger partial charge is 0.462 e. The Morgan fingerprint density at radius 1 is 0.630 bits per heavy atom. The fourth-order valence-electron chi connectivity index (χ4n) is 6.36. The molecule has 0 aromatic heterocycles. The summed E-state index contributed by atoms with van der Waals surface area (Å²) in [5.41, 5.74) is 0. The summed E-state index contributed by atoms with van der Waals surface area (Å²) >= 11 is 0. The second-order valence-corrected chi connectivity index (χ2v) is 16.8. The van der Waals surface area contributed by atoms with Crippen LogP contribution in [0.15, 0.2) is 36.5 Å². The van der Waals surface area contributed by atoms with E-state index >= 15 is 0 Å². The average Bonchev–Trinajstić information content (AvgIpc) is 3.88. The van der Waals surface area contributed by atoms with Gasteiger partial charge in [0.15, 0.2) is 6.10 Å². The highest BCUT2D eigenvalue weighted by Crippen LogP contribution is 2.36. The molecule has 54 heavy (non-hydrogen) atoms. The number of hydrogen-bond donors (Lipinski definition) is 2. The lowest BCUT2D eigenvalue weighted by molar-refractivity contribution is -0.161. The zero-order valence-corrected chi connectivity index (χ0v) is 35.4. The Kier molecular flexibility index (Phi) is 32.1. The zero-order valence-electron chi connectivity index (χ0n) is 34.5. The summed E-state index contributed by atoms with van der Waals surface area (Å²) in [6, 6.07) is 0. The van der Waals surface area contributed by atoms with Crippen LogP contribution >= 0.6 is 7.82 Å². The standard InChI is InChI=1S/C44H79O9P/c1-4-5-6-7-8-16-20-23-28-33-41-42(53-41)34-29-25-26-30-35-43(45)50-37-40(38-51-54(47,48)49)52-44(46)36-31-24-21-18-15-13-11-9-10-12-14-17-19-22-27-32-39(2)3/h8,16,23,25,28-29,39-42H,4-7,9-15,17-22,24,26-27,30-38H2,1-3H3,(H2,47,48,49)/b16-8-,28-23-,29-25-/t40-,41?,42?/m1/s1. The van der Waals surface area contributed by atoms with Crippen LogP contribution in [0.5, 0.6) is 0 Å². The van der Waals surface area contributed by atoms with E-state index in [2.05, 4.69) is 55.7 Å². The van der Waals surface area contributed by atoms with E-state index in [1.807, 2.05) is 6.08 Å². The molecule has 0 amide bonds. The number of allylic oxidation sites excluding steroid dienone is 4. The Morgan fingerprint density at radius 3 is 1.70 bits per heavy atom. The minimum atomic E-state index is -4.77. The van der Waals surface area contributed by atoms with Gasteiger partial charge in [0, 0.05) is 12.8 Å². The molecule has 1 fully saturated rings. The number of rotatable bonds is 38. The Hall–Kier alpha value is -1.77. The van der Waals surface area contributed by atoms with E-state index in [0.717, 1.165) is 57.3 Å². The lowest BCUT2D eigenvalue weighted by Gasteiger charge is -2.18. The van der Waals surface area contributed by atoms with E-state index in [-0.39, 0.29) is 31.7 Å². The molecule has 10 heteroatoms. The molecule has 0 bridgehead atoms. The molecule has 1 aliphatic heterocycles. The molecule has 1 saturated heterocycles. The zero-order chi connectivity index (χ0) is 39.5. The summed E-state index contributed by atoms with van der Waals surface area (Å²) in [5, 5.41) is 0. The van der Waals surface area contributed by atoms with Crippen molar-refractivity contribution >= 4 is 19.8 Å². The molecule has 0 radical (unpaired) electrons. The van der Waals surface area contributed by atoms with Crippen molar-refractivity contribution in [1.29, 1.82) is 0 Å². The number of esters is 2. The van der Waals surface area contributed by atoms with Gasteiger partial charge in [0.25, 0.3) is 0 Å². The topological polar surface area (TPSA) is 132 Å². The van der Waals surface area contributed by atoms with E-state index in [1.54, 1.807) is 0 Å². The van der Waals surface area contributed by atoms with Crippen LogP contribution in [-0.4, -0.2) is 53.3 Å². The van der Waals surface area contributed by atoms with E-state index in [4.69, 9.17) is 24.0 Å². The highest BCUT2D eigenvalue weighted by Gasteiger charge is 2.36. The number of carbonyl (C=O) groups is 2. The predicted octanol–water partition coefficient (Wildman–Crippen LogP) is 12.2. The van der Waals surface area contributed by atoms with Crippen LogP contribution in [0.3, 0.4) is 0 Å². The van der Waals surface area contributed by atoms with Gasteiger partial charge in [-0.3, -0.25) is 14.1 Å². The summed E-state index contributed by atoms with van der Waals surface area (Å²) in [6.07, 6.45) is 41.8. The summed E-state index contributed by atoms with van der Waals surface area (Å²) in [5.74, 6) is -0.121. The molecule has 1 rings (SSSR count). The van der Waals surface area contributed by atoms with Gasteiger partial charge in [-0.1, -0.05) is 166 Å². The van der Waals surface area contributed by atoms with Crippen molar-refractivity contribution in [1.82, 2.24) is 0 Å². The maximum atomic E-state index is 12.4. The lowest BCUT2D eigenvalue weighted by Crippen LogP contribution is -2.29. The lowest BCUT2D eigenvalue weighted by atomic mass is 10.0. The fourth-order valence-corrected chi connectivity index (χ4v) is 6.72. The average molecular weight is 783 g/mol. The van der Waals surface area contributed by atoms with Crippen LogP contribution in [0.1, 0.15) is 194 Å². The SMILES string of the molecule is CCCCC/C=C\C/C=C\CC1OC1C/C=C\CCCC(=O)OC[C@H](COP(=O)(O)O)OC(=O)CCCCCCCCCCCCCCCCCC(C)C. The van der Waals surface area contributed by atoms with Gasteiger partial charge in [0.2, 0.25) is 0 Å². The molecule has 0 aromatic rings. The van der Waals surface area contributed by atoms with Crippen molar-refractivity contribution in [3.63, 3.8) is 0 Å². The highest BCUT2D eigenvalue weighted by molar-refractivity contribution is 7.46. The maximum absolute atomic E-state index is 12.4. The van der Waals surface area contributed by atoms with Crippen molar-refractivity contribution in [2.45, 2.75) is 212 Å². The van der Waals surface area contributed by atoms with Gasteiger partial charge in [-0.2, -0.15) is 0 Å². The Balaban J connectivity index is 2.08. The molecule has 0 aromatic carbocycles. The Labute approximate surface area is 329 Å². The minimum absolute atomic E-state index is 0.184. The molecule has 3 atom stereocenters. The van der Waals surface area contributed by atoms with Crippen molar-refractivity contribution in [2.75, 3.05) is 13.2 Å². The molecule has 2 unspecified atom stereocenters. The van der Waals surface area contributed by atoms with E-state index < -0.39 is 32.5 Å². The summed E-state index contributed by atoms with van der Waals surface area (Å²) in [7, 11) is -4.77. The molecule has 314 valence electrons. The van der Waals surface area contributed by atoms with Crippen LogP contribution in [0.25, 0.3) is 0 Å². The number of phosphoric acid groups is 1. The molecule has 1 aliphatic rings. The van der Waals surface area contributed by atoms with Crippen LogP contribution < -0.4 is 0 Å². The summed E-state index contributed by atoms with van der Waals surface area (Å²) < 4.78 is 32.1. The second-order valence-electron chi connectivity index (χ2n) is 15.5. The van der Waals surface area contributed by atoms with Crippen molar-refractivity contribution in [3.05, 3.63) is 36.5 Å². The van der Waals surface area contributed by atoms with Gasteiger partial charge in [-0.15, -0.1) is 0 Å². The monoisotopic (exact) mass is 783 g/mol. The van der Waals surface area contributed by atoms with E-state index in [0.29, 0.717) is 12.8 Å². The van der Waals surface area contributed by atoms with Crippen molar-refractivity contribution in [3.8, 4) is 0 Å². The van der Waals surface area contributed by atoms with E-state index in [9.17, 15) is 14.2 Å². The first-order valence-electron chi connectivity index (χ1n) is 21.8. The molecule has 1 heterocycles. The number of carbonyl (C=O) groups excluding carboxylic acids is 2. The van der Waals surface area contributed by atoms with Crippen LogP contribution in [0.4, 0.5) is 0 Å². The number of epoxide rings is 1. The van der Waals surface area contributed by atoms with Crippen LogP contribution in [-0.2, 0) is 32.9 Å². The summed E-state index contributed by atoms with van der Waals surface area (Å²) in [6.45, 7) is 5.95. The molecular weight excluding hydrogens is 703 g/mol. The van der Waals surface area contributed by atoms with Gasteiger partial charge in [0.1, 0.15) is 6.61 Å². The second kappa shape index (κ2) is 34.5. The fraction of sp³-hybridized carbons (Fsp3) is 0.818. The number of ether oxygens (including phenoxy) is 3. The number of unbranched alkanes of at least 4 members (excludes halogenated alkanes) is 18. The van der Waals surface area contributed by atoms with E-state index in [1.165, 1.54) is 96.3 Å². The molecule has 0 saturated carbocycles. The molecule has 9 nitrogen and oxygen atoms in total. The van der Waals surface area contributed by atoms with Gasteiger partial charge in [0.05, 0.1) is 18.8 Å². The third-order valence-corrected chi connectivity index (χ3v) is 10.2. The predicted molar refractivity (Wildman–Crippen MR) is 220 cm³/mol. The van der Waals surface area contributed by atoms with Crippen molar-refractivity contribution < 1.29 is 42.7 Å². The third kappa shape index (κ3) is 34.7. The normalized spacial score (nSPS) is 16.6. The van der Waals surface area contributed by atoms with Crippen molar-refractivity contribution in [2.24, 2.45) is 5.92 Å². The molecule has 2 N–H and O–H groups in total. The highest BCUT2D eigenvalue weighted by atomic mass is 31.2. The van der Waals surface area contributed by atoms with Gasteiger partial charge in [-0.25, -0.2) is 4.57 Å². The maximum Gasteiger partial charge on any atom is 0.469 e. The Bertz CT molecular complexity index is 1050. The van der Waals surface area contributed by atoms with Gasteiger partial charge >= 0.3 is 19.8 Å². The Morgan fingerprint density at radius 2 is 1.13 bits per heavy atom. The van der Waals surface area contributed by atoms with Gasteiger partial charge < -0.3 is 24.0 Å². The quantitative estimate of drug-likeness (QED) is 0.0206. The molecular formula is C44H79O9P. The molecule has 0 spiro atoms. The third-order valence-electron chi connectivity index (χ3n) is 9.74. The first-order chi connectivity index (χ1) is 26.1. The number of hydrogen-bond acceptors (Lipinski definition) is 7. The molecule has 0 aliphatic carbocycles. The first kappa shape index (κ1) is 50.2.